The quantitative estimate of drug-likeness (QED) is 0.839. The minimum atomic E-state index is -0.921. The number of carboxylic acid groups (broad SMARTS) is 1. The zero-order chi connectivity index (χ0) is 15.1. The largest absolute Gasteiger partial charge is 0.481 e. The molecule has 1 amide bonds. The van der Waals surface area contributed by atoms with Gasteiger partial charge in [0, 0.05) is 6.04 Å². The Bertz CT molecular complexity index is 444. The predicted octanol–water partition coefficient (Wildman–Crippen LogP) is 2.66. The molecule has 0 bridgehead atoms. The number of carboxylic acids is 1. The molecule has 1 aromatic rings. The van der Waals surface area contributed by atoms with E-state index in [9.17, 15) is 9.59 Å². The molecule has 1 aromatic carbocycles. The number of aliphatic carboxylic acids is 1. The first-order valence-electron chi connectivity index (χ1n) is 6.61. The molecule has 0 radical (unpaired) electrons. The zero-order valence-corrected chi connectivity index (χ0v) is 12.0. The van der Waals surface area contributed by atoms with Gasteiger partial charge in [0.05, 0.1) is 5.92 Å². The van der Waals surface area contributed by atoms with Crippen LogP contribution in [0.4, 0.5) is 4.79 Å². The fourth-order valence-electron chi connectivity index (χ4n) is 2.12. The lowest BCUT2D eigenvalue weighted by molar-refractivity contribution is -0.144. The summed E-state index contributed by atoms with van der Waals surface area (Å²) in [6.45, 7) is 5.46. The highest BCUT2D eigenvalue weighted by Gasteiger charge is 2.29. The highest BCUT2D eigenvalue weighted by molar-refractivity contribution is 5.73. The number of alkyl carbamates (subject to hydrolysis) is 1. The normalized spacial score (nSPS) is 13.6. The Morgan fingerprint density at radius 3 is 2.30 bits per heavy atom. The van der Waals surface area contributed by atoms with Gasteiger partial charge in [-0.1, -0.05) is 44.2 Å². The summed E-state index contributed by atoms with van der Waals surface area (Å²) in [7, 11) is 0. The lowest BCUT2D eigenvalue weighted by Crippen LogP contribution is -2.43. The molecule has 0 aliphatic carbocycles. The average Bonchev–Trinajstić information content (AvgIpc) is 2.36. The SMILES string of the molecule is CC(C)C(C(=O)O)C(C)NC(=O)OCc1ccccc1. The summed E-state index contributed by atoms with van der Waals surface area (Å²) in [5.41, 5.74) is 0.883. The molecule has 0 heterocycles. The summed E-state index contributed by atoms with van der Waals surface area (Å²) in [5, 5.41) is 11.7. The van der Waals surface area contributed by atoms with Gasteiger partial charge in [-0.25, -0.2) is 4.79 Å². The van der Waals surface area contributed by atoms with Gasteiger partial charge in [-0.15, -0.1) is 0 Å². The lowest BCUT2D eigenvalue weighted by atomic mass is 9.89. The molecule has 0 aliphatic rings. The van der Waals surface area contributed by atoms with Crippen molar-refractivity contribution in [3.05, 3.63) is 35.9 Å². The molecule has 2 N–H and O–H groups in total. The van der Waals surface area contributed by atoms with Crippen LogP contribution in [0, 0.1) is 11.8 Å². The first kappa shape index (κ1) is 16.0. The maximum Gasteiger partial charge on any atom is 0.407 e. The van der Waals surface area contributed by atoms with Crippen LogP contribution in [0.15, 0.2) is 30.3 Å². The number of nitrogens with one attached hydrogen (secondary N) is 1. The van der Waals surface area contributed by atoms with Crippen LogP contribution in [0.1, 0.15) is 26.3 Å². The fraction of sp³-hybridized carbons (Fsp3) is 0.467. The number of benzene rings is 1. The van der Waals surface area contributed by atoms with Crippen LogP contribution in [-0.2, 0) is 16.1 Å². The van der Waals surface area contributed by atoms with Crippen molar-refractivity contribution < 1.29 is 19.4 Å². The van der Waals surface area contributed by atoms with Crippen LogP contribution >= 0.6 is 0 Å². The first-order valence-corrected chi connectivity index (χ1v) is 6.61. The number of rotatable bonds is 6. The fourth-order valence-corrected chi connectivity index (χ4v) is 2.12. The van der Waals surface area contributed by atoms with Crippen LogP contribution < -0.4 is 5.32 Å². The summed E-state index contributed by atoms with van der Waals surface area (Å²) < 4.78 is 5.07. The molecule has 0 saturated carbocycles. The minimum absolute atomic E-state index is 0.0723. The van der Waals surface area contributed by atoms with E-state index in [1.54, 1.807) is 6.92 Å². The number of amides is 1. The van der Waals surface area contributed by atoms with E-state index in [4.69, 9.17) is 9.84 Å². The van der Waals surface area contributed by atoms with E-state index in [-0.39, 0.29) is 12.5 Å². The highest BCUT2D eigenvalue weighted by Crippen LogP contribution is 2.15. The predicted molar refractivity (Wildman–Crippen MR) is 75.2 cm³/mol. The monoisotopic (exact) mass is 279 g/mol. The third-order valence-electron chi connectivity index (χ3n) is 3.10. The molecule has 5 heteroatoms. The maximum absolute atomic E-state index is 11.7. The van der Waals surface area contributed by atoms with E-state index >= 15 is 0 Å². The van der Waals surface area contributed by atoms with Crippen molar-refractivity contribution in [3.8, 4) is 0 Å². The van der Waals surface area contributed by atoms with Gasteiger partial charge in [0.2, 0.25) is 0 Å². The lowest BCUT2D eigenvalue weighted by Gasteiger charge is -2.24. The maximum atomic E-state index is 11.7. The number of carbonyl (C=O) groups excluding carboxylic acids is 1. The van der Waals surface area contributed by atoms with E-state index in [0.717, 1.165) is 5.56 Å². The van der Waals surface area contributed by atoms with Gasteiger partial charge in [0.25, 0.3) is 0 Å². The number of hydrogen-bond acceptors (Lipinski definition) is 3. The van der Waals surface area contributed by atoms with Gasteiger partial charge < -0.3 is 15.2 Å². The third kappa shape index (κ3) is 4.91. The molecule has 0 aliphatic heterocycles. The molecule has 2 atom stereocenters. The second-order valence-electron chi connectivity index (χ2n) is 5.10. The van der Waals surface area contributed by atoms with Crippen molar-refractivity contribution in [1.82, 2.24) is 5.32 Å². The molecule has 0 spiro atoms. The van der Waals surface area contributed by atoms with Crippen molar-refractivity contribution >= 4 is 12.1 Å². The molecular weight excluding hydrogens is 258 g/mol. The summed E-state index contributed by atoms with van der Waals surface area (Å²) in [6.07, 6.45) is -0.603. The minimum Gasteiger partial charge on any atom is -0.481 e. The van der Waals surface area contributed by atoms with Crippen LogP contribution in [0.25, 0.3) is 0 Å². The van der Waals surface area contributed by atoms with E-state index < -0.39 is 24.0 Å². The van der Waals surface area contributed by atoms with E-state index in [0.29, 0.717) is 0 Å². The van der Waals surface area contributed by atoms with Crippen molar-refractivity contribution in [2.24, 2.45) is 11.8 Å². The Morgan fingerprint density at radius 2 is 1.80 bits per heavy atom. The van der Waals surface area contributed by atoms with E-state index in [1.165, 1.54) is 0 Å². The zero-order valence-electron chi connectivity index (χ0n) is 12.0. The topological polar surface area (TPSA) is 75.6 Å². The van der Waals surface area contributed by atoms with Gasteiger partial charge in [-0.05, 0) is 18.4 Å². The molecule has 110 valence electrons. The highest BCUT2D eigenvalue weighted by atomic mass is 16.5. The smallest absolute Gasteiger partial charge is 0.407 e. The van der Waals surface area contributed by atoms with Crippen LogP contribution in [0.5, 0.6) is 0 Å². The second-order valence-corrected chi connectivity index (χ2v) is 5.10. The molecule has 0 aromatic heterocycles. The van der Waals surface area contributed by atoms with Gasteiger partial charge in [0.15, 0.2) is 0 Å². The molecule has 0 saturated heterocycles. The Morgan fingerprint density at radius 1 is 1.20 bits per heavy atom. The van der Waals surface area contributed by atoms with Gasteiger partial charge in [0.1, 0.15) is 6.61 Å². The first-order chi connectivity index (χ1) is 9.41. The number of carbonyl (C=O) groups is 2. The van der Waals surface area contributed by atoms with Crippen LogP contribution in [-0.4, -0.2) is 23.2 Å². The Balaban J connectivity index is 2.47. The van der Waals surface area contributed by atoms with Crippen LogP contribution in [0.3, 0.4) is 0 Å². The molecular formula is C15H21NO4. The van der Waals surface area contributed by atoms with Crippen molar-refractivity contribution in [3.63, 3.8) is 0 Å². The number of hydrogen-bond donors (Lipinski definition) is 2. The van der Waals surface area contributed by atoms with E-state index in [1.807, 2.05) is 44.2 Å². The molecule has 20 heavy (non-hydrogen) atoms. The summed E-state index contributed by atoms with van der Waals surface area (Å²) in [6, 6.07) is 8.81. The standard InChI is InChI=1S/C15H21NO4/c1-10(2)13(14(17)18)11(3)16-15(19)20-9-12-7-5-4-6-8-12/h4-8,10-11,13H,9H2,1-3H3,(H,16,19)(H,17,18). The summed E-state index contributed by atoms with van der Waals surface area (Å²) in [4.78, 5) is 22.8. The second kappa shape index (κ2) is 7.53. The molecule has 2 unspecified atom stereocenters. The van der Waals surface area contributed by atoms with Crippen LogP contribution in [0.2, 0.25) is 0 Å². The molecule has 0 fully saturated rings. The van der Waals surface area contributed by atoms with E-state index in [2.05, 4.69) is 5.32 Å². The van der Waals surface area contributed by atoms with Crippen molar-refractivity contribution in [2.45, 2.75) is 33.4 Å². The van der Waals surface area contributed by atoms with Gasteiger partial charge in [-0.3, -0.25) is 4.79 Å². The van der Waals surface area contributed by atoms with Crippen molar-refractivity contribution in [2.75, 3.05) is 0 Å². The van der Waals surface area contributed by atoms with Crippen molar-refractivity contribution in [1.29, 1.82) is 0 Å². The van der Waals surface area contributed by atoms with Gasteiger partial charge >= 0.3 is 12.1 Å². The average molecular weight is 279 g/mol. The molecule has 1 rings (SSSR count). The Labute approximate surface area is 118 Å². The number of ether oxygens (including phenoxy) is 1. The Hall–Kier alpha value is -2.04. The summed E-state index contributed by atoms with van der Waals surface area (Å²) in [5.74, 6) is -1.63. The third-order valence-corrected chi connectivity index (χ3v) is 3.10. The Kier molecular flexibility index (Phi) is 6.03. The molecule has 5 nitrogen and oxygen atoms in total. The van der Waals surface area contributed by atoms with Gasteiger partial charge in [-0.2, -0.15) is 0 Å². The summed E-state index contributed by atoms with van der Waals surface area (Å²) >= 11 is 0.